The Labute approximate surface area is 51.0 Å². The van der Waals surface area contributed by atoms with Crippen LogP contribution in [0.5, 0.6) is 0 Å². The highest BCUT2D eigenvalue weighted by molar-refractivity contribution is 4.93. The average Bonchev–Trinajstić information content (AvgIpc) is 1.55. The van der Waals surface area contributed by atoms with Crippen molar-refractivity contribution < 1.29 is 0 Å². The van der Waals surface area contributed by atoms with Gasteiger partial charge in [0.15, 0.2) is 0 Å². The lowest BCUT2D eigenvalue weighted by atomic mass is 10.2. The van der Waals surface area contributed by atoms with Crippen LogP contribution in [0.2, 0.25) is 0 Å². The number of likely N-dealkylation sites (tertiary alicyclic amines) is 1. The van der Waals surface area contributed by atoms with E-state index in [1.165, 1.54) is 25.1 Å². The molecule has 8 heavy (non-hydrogen) atoms. The number of hydrogen-bond acceptors (Lipinski definition) is 1. The molecule has 0 amide bonds. The lowest BCUT2D eigenvalue weighted by Gasteiger charge is -2.30. The normalized spacial score (nSPS) is 20.1. The molecule has 1 saturated heterocycles. The molecule has 0 aromatic heterocycles. The third-order valence-electron chi connectivity index (χ3n) is 1.44. The first-order valence-electron chi connectivity index (χ1n) is 3.16. The average molecular weight is 111 g/mol. The predicted octanol–water partition coefficient (Wildman–Crippen LogP) is 1.27. The van der Waals surface area contributed by atoms with Gasteiger partial charge in [-0.15, -0.1) is 0 Å². The molecule has 1 nitrogen and oxygen atoms in total. The van der Waals surface area contributed by atoms with E-state index < -0.39 is 0 Å². The largest absolute Gasteiger partial charge is 0.299 e. The van der Waals surface area contributed by atoms with E-state index in [1.807, 2.05) is 0 Å². The minimum absolute atomic E-state index is 1.11. The van der Waals surface area contributed by atoms with Gasteiger partial charge in [-0.1, -0.05) is 12.2 Å². The third-order valence-corrected chi connectivity index (χ3v) is 1.44. The van der Waals surface area contributed by atoms with E-state index in [0.717, 1.165) is 6.54 Å². The summed E-state index contributed by atoms with van der Waals surface area (Å²) in [6, 6.07) is 0. The van der Waals surface area contributed by atoms with Crippen LogP contribution in [0.4, 0.5) is 0 Å². The molecule has 1 heterocycles. The molecule has 0 N–H and O–H groups in total. The van der Waals surface area contributed by atoms with Gasteiger partial charge in [0.05, 0.1) is 0 Å². The second kappa shape index (κ2) is 2.31. The number of hydrogen-bond donors (Lipinski definition) is 0. The summed E-state index contributed by atoms with van der Waals surface area (Å²) in [4.78, 5) is 2.41. The van der Waals surface area contributed by atoms with E-state index in [-0.39, 0.29) is 0 Å². The molecule has 0 aliphatic carbocycles. The molecule has 0 saturated carbocycles. The molecular weight excluding hydrogens is 98.1 g/mol. The quantitative estimate of drug-likeness (QED) is 0.485. The fraction of sp³-hybridized carbons (Fsp3) is 0.714. The van der Waals surface area contributed by atoms with Crippen molar-refractivity contribution in [2.75, 3.05) is 19.6 Å². The van der Waals surface area contributed by atoms with Crippen molar-refractivity contribution in [1.29, 1.82) is 0 Å². The maximum Gasteiger partial charge on any atom is 0.0187 e. The monoisotopic (exact) mass is 111 g/mol. The highest BCUT2D eigenvalue weighted by atomic mass is 15.2. The van der Waals surface area contributed by atoms with Crippen LogP contribution in [0.15, 0.2) is 12.2 Å². The van der Waals surface area contributed by atoms with Gasteiger partial charge in [0.2, 0.25) is 0 Å². The molecule has 0 bridgehead atoms. The highest BCUT2D eigenvalue weighted by Gasteiger charge is 2.11. The molecule has 1 fully saturated rings. The second-order valence-electron chi connectivity index (χ2n) is 2.59. The van der Waals surface area contributed by atoms with Crippen LogP contribution < -0.4 is 0 Å². The first kappa shape index (κ1) is 5.83. The molecule has 0 spiro atoms. The summed E-state index contributed by atoms with van der Waals surface area (Å²) in [5.41, 5.74) is 1.28. The smallest absolute Gasteiger partial charge is 0.0187 e. The topological polar surface area (TPSA) is 3.24 Å². The van der Waals surface area contributed by atoms with Crippen LogP contribution in [-0.2, 0) is 0 Å². The maximum absolute atomic E-state index is 3.84. The fourth-order valence-corrected chi connectivity index (χ4v) is 0.922. The summed E-state index contributed by atoms with van der Waals surface area (Å²) in [5, 5.41) is 0. The minimum Gasteiger partial charge on any atom is -0.299 e. The molecule has 0 radical (unpaired) electrons. The first-order chi connectivity index (χ1) is 3.79. The molecule has 1 rings (SSSR count). The Morgan fingerprint density at radius 3 is 2.38 bits per heavy atom. The van der Waals surface area contributed by atoms with E-state index >= 15 is 0 Å². The lowest BCUT2D eigenvalue weighted by Crippen LogP contribution is -2.37. The van der Waals surface area contributed by atoms with Crippen LogP contribution in [-0.4, -0.2) is 24.5 Å². The SMILES string of the molecule is C=C(C)CN1CCC1. The summed E-state index contributed by atoms with van der Waals surface area (Å²) in [5.74, 6) is 0. The van der Waals surface area contributed by atoms with Crippen molar-refractivity contribution in [3.05, 3.63) is 12.2 Å². The van der Waals surface area contributed by atoms with Crippen LogP contribution in [0, 0.1) is 0 Å². The van der Waals surface area contributed by atoms with E-state index in [4.69, 9.17) is 0 Å². The zero-order valence-corrected chi connectivity index (χ0v) is 5.48. The van der Waals surface area contributed by atoms with Crippen LogP contribution in [0.1, 0.15) is 13.3 Å². The van der Waals surface area contributed by atoms with E-state index in [0.29, 0.717) is 0 Å². The van der Waals surface area contributed by atoms with Crippen LogP contribution in [0.3, 0.4) is 0 Å². The van der Waals surface area contributed by atoms with Gasteiger partial charge in [-0.3, -0.25) is 4.90 Å². The second-order valence-corrected chi connectivity index (χ2v) is 2.59. The molecule has 46 valence electrons. The zero-order chi connectivity index (χ0) is 5.98. The fourth-order valence-electron chi connectivity index (χ4n) is 0.922. The van der Waals surface area contributed by atoms with Gasteiger partial charge in [-0.05, 0) is 26.4 Å². The van der Waals surface area contributed by atoms with Gasteiger partial charge >= 0.3 is 0 Å². The highest BCUT2D eigenvalue weighted by Crippen LogP contribution is 2.06. The Morgan fingerprint density at radius 2 is 2.25 bits per heavy atom. The summed E-state index contributed by atoms with van der Waals surface area (Å²) in [6.45, 7) is 9.60. The molecule has 0 aromatic carbocycles. The Bertz CT molecular complexity index is 92.6. The van der Waals surface area contributed by atoms with Gasteiger partial charge in [-0.25, -0.2) is 0 Å². The van der Waals surface area contributed by atoms with E-state index in [1.54, 1.807) is 0 Å². The lowest BCUT2D eigenvalue weighted by molar-refractivity contribution is 0.199. The van der Waals surface area contributed by atoms with Gasteiger partial charge in [0, 0.05) is 6.54 Å². The Balaban J connectivity index is 2.09. The van der Waals surface area contributed by atoms with Gasteiger partial charge in [0.25, 0.3) is 0 Å². The summed E-state index contributed by atoms with van der Waals surface area (Å²) < 4.78 is 0. The van der Waals surface area contributed by atoms with E-state index in [9.17, 15) is 0 Å². The Kier molecular flexibility index (Phi) is 1.69. The predicted molar refractivity (Wildman–Crippen MR) is 35.9 cm³/mol. The molecule has 0 aromatic rings. The van der Waals surface area contributed by atoms with Crippen LogP contribution in [0.25, 0.3) is 0 Å². The summed E-state index contributed by atoms with van der Waals surface area (Å²) in [6.07, 6.45) is 1.38. The van der Waals surface area contributed by atoms with Crippen molar-refractivity contribution >= 4 is 0 Å². The van der Waals surface area contributed by atoms with Gasteiger partial charge < -0.3 is 0 Å². The molecule has 1 heteroatoms. The maximum atomic E-state index is 3.84. The Morgan fingerprint density at radius 1 is 1.62 bits per heavy atom. The summed E-state index contributed by atoms with van der Waals surface area (Å²) in [7, 11) is 0. The van der Waals surface area contributed by atoms with Crippen molar-refractivity contribution in [3.8, 4) is 0 Å². The third kappa shape index (κ3) is 1.34. The number of nitrogens with zero attached hydrogens (tertiary/aromatic N) is 1. The van der Waals surface area contributed by atoms with Gasteiger partial charge in [0.1, 0.15) is 0 Å². The van der Waals surface area contributed by atoms with Crippen molar-refractivity contribution in [2.45, 2.75) is 13.3 Å². The first-order valence-corrected chi connectivity index (χ1v) is 3.16. The Hall–Kier alpha value is -0.300. The minimum atomic E-state index is 1.11. The summed E-state index contributed by atoms with van der Waals surface area (Å²) >= 11 is 0. The molecule has 0 unspecified atom stereocenters. The van der Waals surface area contributed by atoms with E-state index in [2.05, 4.69) is 18.4 Å². The number of rotatable bonds is 2. The molecule has 0 atom stereocenters. The standard InChI is InChI=1S/C7H13N/c1-7(2)6-8-4-3-5-8/h1,3-6H2,2H3. The van der Waals surface area contributed by atoms with Crippen LogP contribution >= 0.6 is 0 Å². The molecular formula is C7H13N. The van der Waals surface area contributed by atoms with Crippen molar-refractivity contribution in [3.63, 3.8) is 0 Å². The van der Waals surface area contributed by atoms with Gasteiger partial charge in [-0.2, -0.15) is 0 Å². The molecule has 1 aliphatic heterocycles. The van der Waals surface area contributed by atoms with Crippen molar-refractivity contribution in [2.24, 2.45) is 0 Å². The molecule has 1 aliphatic rings. The zero-order valence-electron chi connectivity index (χ0n) is 5.48. The van der Waals surface area contributed by atoms with Crippen molar-refractivity contribution in [1.82, 2.24) is 4.90 Å².